The maximum atomic E-state index is 5.25. The monoisotopic (exact) mass is 231 g/mol. The lowest BCUT2D eigenvalue weighted by atomic mass is 9.92. The van der Waals surface area contributed by atoms with Crippen molar-refractivity contribution in [3.63, 3.8) is 0 Å². The van der Waals surface area contributed by atoms with Crippen LogP contribution in [0.25, 0.3) is 0 Å². The van der Waals surface area contributed by atoms with Crippen molar-refractivity contribution in [3.8, 4) is 5.75 Å². The molecular weight excluding hydrogens is 214 g/mol. The molecule has 0 saturated heterocycles. The van der Waals surface area contributed by atoms with Crippen LogP contribution in [0.2, 0.25) is 0 Å². The van der Waals surface area contributed by atoms with Gasteiger partial charge in [0.05, 0.1) is 19.0 Å². The van der Waals surface area contributed by atoms with E-state index in [1.165, 1.54) is 5.56 Å². The van der Waals surface area contributed by atoms with E-state index < -0.39 is 0 Å². The fraction of sp³-hybridized carbons (Fsp3) is 0.385. The molecule has 2 aromatic rings. The molecule has 0 bridgehead atoms. The van der Waals surface area contributed by atoms with Crippen LogP contribution in [0.1, 0.15) is 30.5 Å². The smallest absolute Gasteiger partial charge is 0.119 e. The van der Waals surface area contributed by atoms with Crippen molar-refractivity contribution in [1.82, 2.24) is 15.4 Å². The van der Waals surface area contributed by atoms with Gasteiger partial charge in [-0.25, -0.2) is 0 Å². The molecular formula is C13H17N3O. The lowest BCUT2D eigenvalue weighted by molar-refractivity contribution is 0.413. The molecule has 1 atom stereocenters. The van der Waals surface area contributed by atoms with Gasteiger partial charge >= 0.3 is 0 Å². The Hall–Kier alpha value is -1.84. The summed E-state index contributed by atoms with van der Waals surface area (Å²) in [4.78, 5) is 0. The standard InChI is InChI=1S/C13H17N3O/c1-3-10(7-12-9-14-16-15-12)11-5-4-6-13(8-11)17-2/h4-6,8-10H,3,7H2,1-2H3,(H,14,15,16). The lowest BCUT2D eigenvalue weighted by Crippen LogP contribution is -2.02. The van der Waals surface area contributed by atoms with Crippen molar-refractivity contribution in [1.29, 1.82) is 0 Å². The molecule has 1 N–H and O–H groups in total. The van der Waals surface area contributed by atoms with Crippen LogP contribution in [0, 0.1) is 0 Å². The number of hydrogen-bond acceptors (Lipinski definition) is 3. The summed E-state index contributed by atoms with van der Waals surface area (Å²) >= 11 is 0. The Morgan fingerprint density at radius 1 is 1.41 bits per heavy atom. The number of H-pyrrole nitrogens is 1. The van der Waals surface area contributed by atoms with Gasteiger partial charge in [0, 0.05) is 0 Å². The van der Waals surface area contributed by atoms with E-state index in [9.17, 15) is 0 Å². The number of methoxy groups -OCH3 is 1. The van der Waals surface area contributed by atoms with Crippen molar-refractivity contribution in [3.05, 3.63) is 41.7 Å². The molecule has 17 heavy (non-hydrogen) atoms. The maximum Gasteiger partial charge on any atom is 0.119 e. The van der Waals surface area contributed by atoms with Gasteiger partial charge in [0.25, 0.3) is 0 Å². The van der Waals surface area contributed by atoms with E-state index in [1.54, 1.807) is 13.3 Å². The topological polar surface area (TPSA) is 50.8 Å². The molecule has 4 heteroatoms. The number of benzene rings is 1. The Labute approximate surface area is 101 Å². The average molecular weight is 231 g/mol. The first-order valence-electron chi connectivity index (χ1n) is 5.82. The zero-order chi connectivity index (χ0) is 12.1. The Morgan fingerprint density at radius 2 is 2.29 bits per heavy atom. The molecule has 1 unspecified atom stereocenters. The highest BCUT2D eigenvalue weighted by molar-refractivity contribution is 5.31. The van der Waals surface area contributed by atoms with Gasteiger partial charge in [0.1, 0.15) is 5.75 Å². The summed E-state index contributed by atoms with van der Waals surface area (Å²) in [5, 5.41) is 10.6. The minimum Gasteiger partial charge on any atom is -0.497 e. The van der Waals surface area contributed by atoms with Crippen LogP contribution in [0.3, 0.4) is 0 Å². The van der Waals surface area contributed by atoms with E-state index in [0.717, 1.165) is 24.3 Å². The zero-order valence-corrected chi connectivity index (χ0v) is 10.2. The van der Waals surface area contributed by atoms with Crippen molar-refractivity contribution >= 4 is 0 Å². The summed E-state index contributed by atoms with van der Waals surface area (Å²) in [5.41, 5.74) is 2.29. The average Bonchev–Trinajstić information content (AvgIpc) is 2.89. The van der Waals surface area contributed by atoms with Gasteiger partial charge in [-0.05, 0) is 36.5 Å². The Balaban J connectivity index is 2.16. The third-order valence-corrected chi connectivity index (χ3v) is 2.98. The second-order valence-corrected chi connectivity index (χ2v) is 4.05. The predicted molar refractivity (Wildman–Crippen MR) is 66.1 cm³/mol. The van der Waals surface area contributed by atoms with Crippen LogP contribution in [-0.4, -0.2) is 22.5 Å². The van der Waals surface area contributed by atoms with Crippen molar-refractivity contribution in [2.24, 2.45) is 0 Å². The Morgan fingerprint density at radius 3 is 2.94 bits per heavy atom. The van der Waals surface area contributed by atoms with E-state index in [0.29, 0.717) is 5.92 Å². The van der Waals surface area contributed by atoms with E-state index in [4.69, 9.17) is 4.74 Å². The summed E-state index contributed by atoms with van der Waals surface area (Å²) < 4.78 is 5.25. The first-order chi connectivity index (χ1) is 8.33. The first-order valence-corrected chi connectivity index (χ1v) is 5.82. The SMILES string of the molecule is CCC(Cc1cn[nH]n1)c1cccc(OC)c1. The Kier molecular flexibility index (Phi) is 3.75. The van der Waals surface area contributed by atoms with Gasteiger partial charge in [-0.15, -0.1) is 0 Å². The number of nitrogens with one attached hydrogen (secondary N) is 1. The fourth-order valence-corrected chi connectivity index (χ4v) is 1.97. The predicted octanol–water partition coefficient (Wildman–Crippen LogP) is 2.55. The van der Waals surface area contributed by atoms with Gasteiger partial charge in [-0.3, -0.25) is 0 Å². The lowest BCUT2D eigenvalue weighted by Gasteiger charge is -2.14. The van der Waals surface area contributed by atoms with Gasteiger partial charge in [-0.2, -0.15) is 15.4 Å². The molecule has 1 aromatic heterocycles. The number of rotatable bonds is 5. The van der Waals surface area contributed by atoms with Crippen molar-refractivity contribution in [2.75, 3.05) is 7.11 Å². The van der Waals surface area contributed by atoms with E-state index in [1.807, 2.05) is 12.1 Å². The van der Waals surface area contributed by atoms with E-state index in [2.05, 4.69) is 34.5 Å². The molecule has 0 spiro atoms. The molecule has 4 nitrogen and oxygen atoms in total. The molecule has 1 heterocycles. The summed E-state index contributed by atoms with van der Waals surface area (Å²) in [6.45, 7) is 2.18. The largest absolute Gasteiger partial charge is 0.497 e. The molecule has 0 fully saturated rings. The molecule has 0 aliphatic carbocycles. The highest BCUT2D eigenvalue weighted by Crippen LogP contribution is 2.26. The first kappa shape index (κ1) is 11.6. The second kappa shape index (κ2) is 5.48. The normalized spacial score (nSPS) is 12.4. The van der Waals surface area contributed by atoms with Gasteiger partial charge in [-0.1, -0.05) is 19.1 Å². The Bertz CT molecular complexity index is 453. The van der Waals surface area contributed by atoms with Crippen LogP contribution in [-0.2, 0) is 6.42 Å². The minimum absolute atomic E-state index is 0.454. The van der Waals surface area contributed by atoms with Crippen LogP contribution >= 0.6 is 0 Å². The zero-order valence-electron chi connectivity index (χ0n) is 10.2. The highest BCUT2D eigenvalue weighted by Gasteiger charge is 2.12. The summed E-state index contributed by atoms with van der Waals surface area (Å²) in [6, 6.07) is 8.22. The molecule has 0 radical (unpaired) electrons. The highest BCUT2D eigenvalue weighted by atomic mass is 16.5. The van der Waals surface area contributed by atoms with Gasteiger partial charge in [0.2, 0.25) is 0 Å². The molecule has 0 saturated carbocycles. The third-order valence-electron chi connectivity index (χ3n) is 2.98. The van der Waals surface area contributed by atoms with E-state index >= 15 is 0 Å². The van der Waals surface area contributed by atoms with E-state index in [-0.39, 0.29) is 0 Å². The minimum atomic E-state index is 0.454. The van der Waals surface area contributed by atoms with Crippen LogP contribution < -0.4 is 4.74 Å². The number of aromatic nitrogens is 3. The maximum absolute atomic E-state index is 5.25. The number of aromatic amines is 1. The summed E-state index contributed by atoms with van der Waals surface area (Å²) in [5.74, 6) is 1.36. The summed E-state index contributed by atoms with van der Waals surface area (Å²) in [6.07, 6.45) is 3.75. The van der Waals surface area contributed by atoms with Crippen LogP contribution in [0.5, 0.6) is 5.75 Å². The number of ether oxygens (including phenoxy) is 1. The van der Waals surface area contributed by atoms with Crippen LogP contribution in [0.15, 0.2) is 30.5 Å². The quantitative estimate of drug-likeness (QED) is 0.860. The molecule has 0 amide bonds. The molecule has 1 aromatic carbocycles. The molecule has 0 aliphatic rings. The van der Waals surface area contributed by atoms with Crippen molar-refractivity contribution < 1.29 is 4.74 Å². The second-order valence-electron chi connectivity index (χ2n) is 4.05. The van der Waals surface area contributed by atoms with Gasteiger partial charge < -0.3 is 4.74 Å². The van der Waals surface area contributed by atoms with Gasteiger partial charge in [0.15, 0.2) is 0 Å². The van der Waals surface area contributed by atoms with Crippen LogP contribution in [0.4, 0.5) is 0 Å². The fourth-order valence-electron chi connectivity index (χ4n) is 1.97. The van der Waals surface area contributed by atoms with Crippen molar-refractivity contribution in [2.45, 2.75) is 25.7 Å². The number of hydrogen-bond donors (Lipinski definition) is 1. The molecule has 90 valence electrons. The molecule has 2 rings (SSSR count). The summed E-state index contributed by atoms with van der Waals surface area (Å²) in [7, 11) is 1.69. The number of nitrogens with zero attached hydrogens (tertiary/aromatic N) is 2. The molecule has 0 aliphatic heterocycles. The third kappa shape index (κ3) is 2.84.